The summed E-state index contributed by atoms with van der Waals surface area (Å²) in [5.41, 5.74) is 0. The Bertz CT molecular complexity index is 325. The van der Waals surface area contributed by atoms with Gasteiger partial charge in [0.25, 0.3) is 0 Å². The molecule has 0 saturated heterocycles. The second-order valence-corrected chi connectivity index (χ2v) is 4.06. The summed E-state index contributed by atoms with van der Waals surface area (Å²) in [6.45, 7) is 8.94. The molecule has 0 aliphatic carbocycles. The van der Waals surface area contributed by atoms with Gasteiger partial charge in [-0.05, 0) is 32.1 Å². The second kappa shape index (κ2) is 10.3. The number of rotatable bonds is 9. The van der Waals surface area contributed by atoms with E-state index in [1.54, 1.807) is 31.4 Å². The van der Waals surface area contributed by atoms with Crippen molar-refractivity contribution in [3.63, 3.8) is 0 Å². The van der Waals surface area contributed by atoms with Crippen molar-refractivity contribution in [2.24, 2.45) is 0 Å². The number of carbonyl (C=O) groups is 1. The Balaban J connectivity index is 3.87. The van der Waals surface area contributed by atoms with Crippen LogP contribution in [0.5, 0.6) is 0 Å². The lowest BCUT2D eigenvalue weighted by atomic mass is 10.3. The van der Waals surface area contributed by atoms with E-state index in [4.69, 9.17) is 9.47 Å². The Morgan fingerprint density at radius 1 is 1.42 bits per heavy atom. The summed E-state index contributed by atoms with van der Waals surface area (Å²) in [5, 5.41) is 12.5. The molecular weight excluding hydrogens is 246 g/mol. The lowest BCUT2D eigenvalue weighted by Crippen LogP contribution is -2.33. The molecule has 5 heteroatoms. The zero-order chi connectivity index (χ0) is 14.7. The van der Waals surface area contributed by atoms with Crippen molar-refractivity contribution in [1.82, 2.24) is 5.32 Å². The Hall–Kier alpha value is -1.59. The molecule has 3 atom stereocenters. The molecule has 0 aliphatic rings. The molecule has 0 spiro atoms. The Labute approximate surface area is 114 Å². The monoisotopic (exact) mass is 269 g/mol. The van der Waals surface area contributed by atoms with E-state index in [2.05, 4.69) is 11.9 Å². The van der Waals surface area contributed by atoms with Crippen molar-refractivity contribution in [1.29, 1.82) is 0 Å². The zero-order valence-corrected chi connectivity index (χ0v) is 11.7. The molecule has 0 heterocycles. The summed E-state index contributed by atoms with van der Waals surface area (Å²) in [6, 6.07) is 0. The minimum Gasteiger partial charge on any atom is -0.497 e. The first-order valence-electron chi connectivity index (χ1n) is 6.15. The quantitative estimate of drug-likeness (QED) is 0.218. The number of hydrogen-bond acceptors (Lipinski definition) is 5. The topological polar surface area (TPSA) is 67.8 Å². The van der Waals surface area contributed by atoms with Crippen LogP contribution < -0.4 is 5.32 Å². The summed E-state index contributed by atoms with van der Waals surface area (Å²) in [7, 11) is 0. The van der Waals surface area contributed by atoms with E-state index in [1.807, 2.05) is 6.92 Å². The summed E-state index contributed by atoms with van der Waals surface area (Å²) < 4.78 is 10.2. The van der Waals surface area contributed by atoms with E-state index in [-0.39, 0.29) is 18.2 Å². The fourth-order valence-corrected chi connectivity index (χ4v) is 1.20. The standard InChI is InChI=1S/C14H23NO4/c1-5-6-9-18-12(3)10-15-14(17)8-7-11(2)19-13(4)16/h5-9,11-12,14-15,17H,1,10H2,2-4H3/b8-7-,9-6+/t11-,12+,14+/m0/s1. The first-order chi connectivity index (χ1) is 8.95. The van der Waals surface area contributed by atoms with Gasteiger partial charge in [0, 0.05) is 13.5 Å². The van der Waals surface area contributed by atoms with Crippen LogP contribution in [0.3, 0.4) is 0 Å². The number of aliphatic hydroxyl groups is 1. The summed E-state index contributed by atoms with van der Waals surface area (Å²) >= 11 is 0. The van der Waals surface area contributed by atoms with Gasteiger partial charge in [0.05, 0.1) is 6.26 Å². The zero-order valence-electron chi connectivity index (χ0n) is 11.7. The minimum atomic E-state index is -0.813. The molecule has 0 saturated carbocycles. The molecule has 0 unspecified atom stereocenters. The molecule has 0 aromatic rings. The van der Waals surface area contributed by atoms with Gasteiger partial charge in [-0.15, -0.1) is 0 Å². The Kier molecular flexibility index (Phi) is 9.48. The normalized spacial score (nSPS) is 16.2. The lowest BCUT2D eigenvalue weighted by molar-refractivity contribution is -0.143. The Morgan fingerprint density at radius 3 is 2.68 bits per heavy atom. The number of ether oxygens (including phenoxy) is 2. The predicted octanol–water partition coefficient (Wildman–Crippen LogP) is 1.51. The van der Waals surface area contributed by atoms with E-state index in [1.165, 1.54) is 13.0 Å². The number of esters is 1. The smallest absolute Gasteiger partial charge is 0.303 e. The molecular formula is C14H23NO4. The van der Waals surface area contributed by atoms with E-state index >= 15 is 0 Å². The van der Waals surface area contributed by atoms with Crippen LogP contribution in [0.2, 0.25) is 0 Å². The maximum atomic E-state index is 10.7. The molecule has 0 aromatic carbocycles. The highest BCUT2D eigenvalue weighted by Gasteiger charge is 2.05. The van der Waals surface area contributed by atoms with Crippen LogP contribution in [0.1, 0.15) is 20.8 Å². The maximum absolute atomic E-state index is 10.7. The van der Waals surface area contributed by atoms with Gasteiger partial charge in [-0.1, -0.05) is 12.7 Å². The highest BCUT2D eigenvalue weighted by molar-refractivity contribution is 5.66. The van der Waals surface area contributed by atoms with Crippen LogP contribution in [0, 0.1) is 0 Å². The van der Waals surface area contributed by atoms with Gasteiger partial charge >= 0.3 is 5.97 Å². The third-order valence-corrected chi connectivity index (χ3v) is 2.06. The third kappa shape index (κ3) is 11.2. The number of hydrogen-bond donors (Lipinski definition) is 2. The third-order valence-electron chi connectivity index (χ3n) is 2.06. The van der Waals surface area contributed by atoms with Crippen LogP contribution in [-0.2, 0) is 14.3 Å². The molecule has 0 amide bonds. The molecule has 0 fully saturated rings. The van der Waals surface area contributed by atoms with E-state index in [9.17, 15) is 9.90 Å². The molecule has 5 nitrogen and oxygen atoms in total. The average Bonchev–Trinajstić information content (AvgIpc) is 2.33. The molecule has 0 rings (SSSR count). The first-order valence-corrected chi connectivity index (χ1v) is 6.15. The van der Waals surface area contributed by atoms with Gasteiger partial charge in [-0.2, -0.15) is 0 Å². The number of carbonyl (C=O) groups excluding carboxylic acids is 1. The minimum absolute atomic E-state index is 0.0786. The maximum Gasteiger partial charge on any atom is 0.303 e. The van der Waals surface area contributed by atoms with Crippen LogP contribution in [-0.4, -0.2) is 36.1 Å². The first kappa shape index (κ1) is 17.4. The Morgan fingerprint density at radius 2 is 2.11 bits per heavy atom. The SMILES string of the molecule is C=C/C=C/O[C@H](C)CN[C@H](O)/C=C\[C@H](C)OC(C)=O. The van der Waals surface area contributed by atoms with Gasteiger partial charge in [-0.25, -0.2) is 0 Å². The summed E-state index contributed by atoms with van der Waals surface area (Å²) in [5.74, 6) is -0.351. The fourth-order valence-electron chi connectivity index (χ4n) is 1.20. The number of allylic oxidation sites excluding steroid dienone is 2. The predicted molar refractivity (Wildman–Crippen MR) is 74.3 cm³/mol. The molecule has 0 aromatic heterocycles. The van der Waals surface area contributed by atoms with Gasteiger partial charge in [0.1, 0.15) is 18.4 Å². The largest absolute Gasteiger partial charge is 0.497 e. The van der Waals surface area contributed by atoms with Gasteiger partial charge in [0.15, 0.2) is 0 Å². The molecule has 2 N–H and O–H groups in total. The van der Waals surface area contributed by atoms with E-state index in [0.29, 0.717) is 6.54 Å². The van der Waals surface area contributed by atoms with Gasteiger partial charge in [0.2, 0.25) is 0 Å². The highest BCUT2D eigenvalue weighted by atomic mass is 16.5. The molecule has 0 bridgehead atoms. The van der Waals surface area contributed by atoms with Gasteiger partial charge in [-0.3, -0.25) is 10.1 Å². The van der Waals surface area contributed by atoms with Crippen molar-refractivity contribution in [2.45, 2.75) is 39.2 Å². The van der Waals surface area contributed by atoms with Crippen molar-refractivity contribution >= 4 is 5.97 Å². The number of aliphatic hydroxyl groups excluding tert-OH is 1. The fraction of sp³-hybridized carbons (Fsp3) is 0.500. The molecule has 0 radical (unpaired) electrons. The van der Waals surface area contributed by atoms with Crippen LogP contribution >= 0.6 is 0 Å². The van der Waals surface area contributed by atoms with Crippen molar-refractivity contribution in [3.05, 3.63) is 37.1 Å². The van der Waals surface area contributed by atoms with E-state index < -0.39 is 6.23 Å². The summed E-state index contributed by atoms with van der Waals surface area (Å²) in [4.78, 5) is 10.7. The van der Waals surface area contributed by atoms with Crippen LogP contribution in [0.15, 0.2) is 37.1 Å². The average molecular weight is 269 g/mol. The van der Waals surface area contributed by atoms with Crippen LogP contribution in [0.25, 0.3) is 0 Å². The van der Waals surface area contributed by atoms with Crippen molar-refractivity contribution in [2.75, 3.05) is 6.54 Å². The van der Waals surface area contributed by atoms with Crippen molar-refractivity contribution < 1.29 is 19.4 Å². The van der Waals surface area contributed by atoms with Gasteiger partial charge < -0.3 is 14.6 Å². The summed E-state index contributed by atoms with van der Waals surface area (Å²) in [6.07, 6.45) is 6.74. The second-order valence-electron chi connectivity index (χ2n) is 4.06. The number of nitrogens with one attached hydrogen (secondary N) is 1. The van der Waals surface area contributed by atoms with E-state index in [0.717, 1.165) is 0 Å². The van der Waals surface area contributed by atoms with Crippen molar-refractivity contribution in [3.8, 4) is 0 Å². The lowest BCUT2D eigenvalue weighted by Gasteiger charge is -2.15. The molecule has 108 valence electrons. The molecule has 0 aliphatic heterocycles. The molecule has 19 heavy (non-hydrogen) atoms. The van der Waals surface area contributed by atoms with Crippen LogP contribution in [0.4, 0.5) is 0 Å². The highest BCUT2D eigenvalue weighted by Crippen LogP contribution is 1.96.